The van der Waals surface area contributed by atoms with E-state index in [4.69, 9.17) is 28.9 Å². The van der Waals surface area contributed by atoms with E-state index < -0.39 is 5.91 Å². The van der Waals surface area contributed by atoms with Crippen molar-refractivity contribution in [3.63, 3.8) is 0 Å². The first-order chi connectivity index (χ1) is 8.56. The average Bonchev–Trinajstić information content (AvgIpc) is 2.32. The van der Waals surface area contributed by atoms with E-state index in [1.54, 1.807) is 12.1 Å². The highest BCUT2D eigenvalue weighted by atomic mass is 35.5. The standard InChI is InChI=1S/C11H8Cl2N4O/c12-8-5-6(14)1-2-7(8)11(18)15-10-4-3-9(13)16-17-10/h1-5H,14H2,(H,15,17,18). The number of nitrogens with zero attached hydrogens (tertiary/aromatic N) is 2. The monoisotopic (exact) mass is 282 g/mol. The Labute approximate surface area is 113 Å². The van der Waals surface area contributed by atoms with E-state index >= 15 is 0 Å². The van der Waals surface area contributed by atoms with Crippen LogP contribution in [0.1, 0.15) is 10.4 Å². The van der Waals surface area contributed by atoms with Crippen LogP contribution >= 0.6 is 23.2 Å². The molecule has 3 N–H and O–H groups in total. The first kappa shape index (κ1) is 12.6. The zero-order chi connectivity index (χ0) is 13.1. The molecule has 1 heterocycles. The third kappa shape index (κ3) is 2.88. The number of aromatic nitrogens is 2. The van der Waals surface area contributed by atoms with Crippen LogP contribution in [0.25, 0.3) is 0 Å². The SMILES string of the molecule is Nc1ccc(C(=O)Nc2ccc(Cl)nn2)c(Cl)c1. The fourth-order valence-electron chi connectivity index (χ4n) is 1.28. The number of halogens is 2. The van der Waals surface area contributed by atoms with Gasteiger partial charge in [0.15, 0.2) is 11.0 Å². The van der Waals surface area contributed by atoms with Crippen molar-refractivity contribution in [2.75, 3.05) is 11.1 Å². The first-order valence-electron chi connectivity index (χ1n) is 4.92. The number of benzene rings is 1. The molecule has 0 atom stereocenters. The molecular formula is C11H8Cl2N4O. The Balaban J connectivity index is 2.19. The number of nitrogens with one attached hydrogen (secondary N) is 1. The maximum absolute atomic E-state index is 11.9. The van der Waals surface area contributed by atoms with Gasteiger partial charge in [0.05, 0.1) is 10.6 Å². The van der Waals surface area contributed by atoms with E-state index in [1.165, 1.54) is 18.2 Å². The van der Waals surface area contributed by atoms with Gasteiger partial charge in [-0.1, -0.05) is 23.2 Å². The summed E-state index contributed by atoms with van der Waals surface area (Å²) < 4.78 is 0. The number of carbonyl (C=O) groups is 1. The van der Waals surface area contributed by atoms with Gasteiger partial charge in [0.1, 0.15) is 0 Å². The molecule has 0 fully saturated rings. The summed E-state index contributed by atoms with van der Waals surface area (Å²) in [6, 6.07) is 7.70. The van der Waals surface area contributed by atoms with E-state index in [-0.39, 0.29) is 16.0 Å². The number of amides is 1. The number of hydrogen-bond acceptors (Lipinski definition) is 4. The van der Waals surface area contributed by atoms with Gasteiger partial charge in [0, 0.05) is 5.69 Å². The minimum Gasteiger partial charge on any atom is -0.399 e. The number of carbonyl (C=O) groups excluding carboxylic acids is 1. The van der Waals surface area contributed by atoms with Crippen LogP contribution in [-0.2, 0) is 0 Å². The molecule has 1 amide bonds. The summed E-state index contributed by atoms with van der Waals surface area (Å²) in [7, 11) is 0. The molecule has 0 radical (unpaired) electrons. The quantitative estimate of drug-likeness (QED) is 0.830. The molecule has 1 aromatic heterocycles. The largest absolute Gasteiger partial charge is 0.399 e. The summed E-state index contributed by atoms with van der Waals surface area (Å²) in [6.07, 6.45) is 0. The predicted molar refractivity (Wildman–Crippen MR) is 70.9 cm³/mol. The molecule has 0 aliphatic heterocycles. The third-order valence-electron chi connectivity index (χ3n) is 2.11. The molecule has 0 saturated carbocycles. The molecule has 0 spiro atoms. The number of nitrogen functional groups attached to an aromatic ring is 1. The average molecular weight is 283 g/mol. The molecular weight excluding hydrogens is 275 g/mol. The van der Waals surface area contributed by atoms with Crippen molar-refractivity contribution in [2.24, 2.45) is 0 Å². The molecule has 0 unspecified atom stereocenters. The number of anilines is 2. The molecule has 5 nitrogen and oxygen atoms in total. The highest BCUT2D eigenvalue weighted by Gasteiger charge is 2.11. The molecule has 18 heavy (non-hydrogen) atoms. The molecule has 2 rings (SSSR count). The third-order valence-corrected chi connectivity index (χ3v) is 2.63. The Morgan fingerprint density at radius 1 is 1.17 bits per heavy atom. The van der Waals surface area contributed by atoms with Crippen LogP contribution in [0.3, 0.4) is 0 Å². The van der Waals surface area contributed by atoms with Gasteiger partial charge < -0.3 is 11.1 Å². The lowest BCUT2D eigenvalue weighted by Crippen LogP contribution is -2.14. The van der Waals surface area contributed by atoms with E-state index in [0.717, 1.165) is 0 Å². The van der Waals surface area contributed by atoms with Crippen LogP contribution in [0.2, 0.25) is 10.2 Å². The van der Waals surface area contributed by atoms with Crippen molar-refractivity contribution >= 4 is 40.6 Å². The van der Waals surface area contributed by atoms with Crippen LogP contribution in [-0.4, -0.2) is 16.1 Å². The molecule has 1 aromatic carbocycles. The summed E-state index contributed by atoms with van der Waals surface area (Å²) in [5, 5.41) is 10.4. The normalized spacial score (nSPS) is 10.1. The summed E-state index contributed by atoms with van der Waals surface area (Å²) in [4.78, 5) is 11.9. The Morgan fingerprint density at radius 3 is 2.56 bits per heavy atom. The minimum absolute atomic E-state index is 0.249. The van der Waals surface area contributed by atoms with E-state index in [1.807, 2.05) is 0 Å². The van der Waals surface area contributed by atoms with E-state index in [9.17, 15) is 4.79 Å². The molecule has 0 aliphatic carbocycles. The Bertz CT molecular complexity index is 586. The molecule has 7 heteroatoms. The van der Waals surface area contributed by atoms with Crippen molar-refractivity contribution < 1.29 is 4.79 Å². The van der Waals surface area contributed by atoms with Crippen LogP contribution < -0.4 is 11.1 Å². The molecule has 0 bridgehead atoms. The van der Waals surface area contributed by atoms with Gasteiger partial charge in [-0.05, 0) is 30.3 Å². The Morgan fingerprint density at radius 2 is 1.94 bits per heavy atom. The fourth-order valence-corrected chi connectivity index (χ4v) is 1.66. The minimum atomic E-state index is -0.392. The zero-order valence-corrected chi connectivity index (χ0v) is 10.5. The van der Waals surface area contributed by atoms with Crippen molar-refractivity contribution in [3.8, 4) is 0 Å². The maximum Gasteiger partial charge on any atom is 0.258 e. The smallest absolute Gasteiger partial charge is 0.258 e. The number of nitrogens with two attached hydrogens (primary N) is 1. The summed E-state index contributed by atoms with van der Waals surface area (Å²) in [5.41, 5.74) is 6.34. The summed E-state index contributed by atoms with van der Waals surface area (Å²) >= 11 is 11.5. The van der Waals surface area contributed by atoms with Gasteiger partial charge >= 0.3 is 0 Å². The highest BCUT2D eigenvalue weighted by molar-refractivity contribution is 6.34. The Hall–Kier alpha value is -1.85. The van der Waals surface area contributed by atoms with Crippen LogP contribution in [0.4, 0.5) is 11.5 Å². The van der Waals surface area contributed by atoms with Gasteiger partial charge in [0.25, 0.3) is 5.91 Å². The van der Waals surface area contributed by atoms with Gasteiger partial charge in [-0.3, -0.25) is 4.79 Å². The fraction of sp³-hybridized carbons (Fsp3) is 0. The molecule has 92 valence electrons. The van der Waals surface area contributed by atoms with Crippen molar-refractivity contribution in [2.45, 2.75) is 0 Å². The summed E-state index contributed by atoms with van der Waals surface area (Å²) in [6.45, 7) is 0. The van der Waals surface area contributed by atoms with Crippen LogP contribution in [0.15, 0.2) is 30.3 Å². The topological polar surface area (TPSA) is 80.9 Å². The lowest BCUT2D eigenvalue weighted by Gasteiger charge is -2.06. The highest BCUT2D eigenvalue weighted by Crippen LogP contribution is 2.20. The van der Waals surface area contributed by atoms with Crippen LogP contribution in [0, 0.1) is 0 Å². The lowest BCUT2D eigenvalue weighted by atomic mass is 10.2. The van der Waals surface area contributed by atoms with Gasteiger partial charge in [-0.15, -0.1) is 10.2 Å². The number of hydrogen-bond donors (Lipinski definition) is 2. The van der Waals surface area contributed by atoms with Crippen molar-refractivity contribution in [1.29, 1.82) is 0 Å². The van der Waals surface area contributed by atoms with Crippen molar-refractivity contribution in [3.05, 3.63) is 46.1 Å². The first-order valence-corrected chi connectivity index (χ1v) is 5.67. The van der Waals surface area contributed by atoms with Crippen LogP contribution in [0.5, 0.6) is 0 Å². The van der Waals surface area contributed by atoms with Gasteiger partial charge in [-0.2, -0.15) is 0 Å². The molecule has 2 aromatic rings. The van der Waals surface area contributed by atoms with Gasteiger partial charge in [-0.25, -0.2) is 0 Å². The molecule has 0 aliphatic rings. The maximum atomic E-state index is 11.9. The summed E-state index contributed by atoms with van der Waals surface area (Å²) in [5.74, 6) is -0.103. The predicted octanol–water partition coefficient (Wildman–Crippen LogP) is 2.62. The number of rotatable bonds is 2. The second-order valence-electron chi connectivity index (χ2n) is 3.43. The van der Waals surface area contributed by atoms with E-state index in [0.29, 0.717) is 11.3 Å². The Kier molecular flexibility index (Phi) is 3.64. The van der Waals surface area contributed by atoms with E-state index in [2.05, 4.69) is 15.5 Å². The second-order valence-corrected chi connectivity index (χ2v) is 4.23. The second kappa shape index (κ2) is 5.20. The van der Waals surface area contributed by atoms with Gasteiger partial charge in [0.2, 0.25) is 0 Å². The zero-order valence-electron chi connectivity index (χ0n) is 9.02. The molecule has 0 saturated heterocycles. The van der Waals surface area contributed by atoms with Crippen molar-refractivity contribution in [1.82, 2.24) is 10.2 Å². The lowest BCUT2D eigenvalue weighted by molar-refractivity contribution is 0.102.